The van der Waals surface area contributed by atoms with Gasteiger partial charge in [0, 0.05) is 25.5 Å². The predicted octanol–water partition coefficient (Wildman–Crippen LogP) is 2.28. The Labute approximate surface area is 124 Å². The van der Waals surface area contributed by atoms with Crippen LogP contribution < -0.4 is 0 Å². The summed E-state index contributed by atoms with van der Waals surface area (Å²) in [5.41, 5.74) is 1.58. The van der Waals surface area contributed by atoms with E-state index in [9.17, 15) is 4.39 Å². The number of hydrogen-bond donors (Lipinski definition) is 0. The molecular weight excluding hydrogens is 269 g/mol. The summed E-state index contributed by atoms with van der Waals surface area (Å²) in [6.07, 6.45) is 5.32. The minimum atomic E-state index is -0.220. The number of rotatable bonds is 5. The maximum Gasteiger partial charge on any atom is 0.149 e. The van der Waals surface area contributed by atoms with E-state index in [0.29, 0.717) is 5.69 Å². The van der Waals surface area contributed by atoms with Crippen LogP contribution in [0.1, 0.15) is 12.0 Å². The van der Waals surface area contributed by atoms with Crippen molar-refractivity contribution in [2.24, 2.45) is 0 Å². The molecule has 1 fully saturated rings. The van der Waals surface area contributed by atoms with Crippen molar-refractivity contribution >= 4 is 0 Å². The van der Waals surface area contributed by atoms with E-state index in [0.717, 1.165) is 51.3 Å². The van der Waals surface area contributed by atoms with Gasteiger partial charge in [0.2, 0.25) is 0 Å². The normalized spacial score (nSPS) is 16.2. The van der Waals surface area contributed by atoms with Gasteiger partial charge in [0.15, 0.2) is 0 Å². The first kappa shape index (κ1) is 14.2. The molecule has 0 amide bonds. The number of aromatic nitrogens is 2. The van der Waals surface area contributed by atoms with Gasteiger partial charge in [-0.15, -0.1) is 0 Å². The van der Waals surface area contributed by atoms with Crippen LogP contribution in [0, 0.1) is 5.82 Å². The van der Waals surface area contributed by atoms with E-state index in [2.05, 4.69) is 10.00 Å². The van der Waals surface area contributed by atoms with Gasteiger partial charge < -0.3 is 4.74 Å². The second kappa shape index (κ2) is 6.83. The monoisotopic (exact) mass is 289 g/mol. The van der Waals surface area contributed by atoms with Crippen LogP contribution in [0.4, 0.5) is 4.39 Å². The zero-order valence-electron chi connectivity index (χ0n) is 12.0. The first-order chi connectivity index (χ1) is 10.3. The summed E-state index contributed by atoms with van der Waals surface area (Å²) in [7, 11) is 0. The maximum absolute atomic E-state index is 14.1. The third-order valence-corrected chi connectivity index (χ3v) is 3.83. The van der Waals surface area contributed by atoms with Gasteiger partial charge in [-0.25, -0.2) is 9.07 Å². The standard InChI is InChI=1S/C16H20FN3O/c17-15-6-1-4-14(16(15)20-9-3-7-18-20)5-2-8-19-10-12-21-13-11-19/h1,3-4,6-7,9H,2,5,8,10-13H2. The fourth-order valence-electron chi connectivity index (χ4n) is 2.74. The summed E-state index contributed by atoms with van der Waals surface area (Å²) in [4.78, 5) is 2.40. The second-order valence-corrected chi connectivity index (χ2v) is 5.26. The van der Waals surface area contributed by atoms with Gasteiger partial charge >= 0.3 is 0 Å². The van der Waals surface area contributed by atoms with E-state index >= 15 is 0 Å². The molecule has 21 heavy (non-hydrogen) atoms. The Morgan fingerprint density at radius 2 is 2.05 bits per heavy atom. The smallest absolute Gasteiger partial charge is 0.149 e. The minimum absolute atomic E-state index is 0.220. The molecule has 0 atom stereocenters. The molecule has 2 aromatic rings. The number of aryl methyl sites for hydroxylation is 1. The number of para-hydroxylation sites is 1. The summed E-state index contributed by atoms with van der Waals surface area (Å²) >= 11 is 0. The quantitative estimate of drug-likeness (QED) is 0.846. The number of hydrogen-bond acceptors (Lipinski definition) is 3. The van der Waals surface area contributed by atoms with Crippen LogP contribution in [0.15, 0.2) is 36.7 Å². The van der Waals surface area contributed by atoms with E-state index in [4.69, 9.17) is 4.74 Å². The molecule has 0 radical (unpaired) electrons. The summed E-state index contributed by atoms with van der Waals surface area (Å²) < 4.78 is 21.1. The molecule has 4 nitrogen and oxygen atoms in total. The van der Waals surface area contributed by atoms with Crippen molar-refractivity contribution in [2.45, 2.75) is 12.8 Å². The zero-order chi connectivity index (χ0) is 14.5. The lowest BCUT2D eigenvalue weighted by molar-refractivity contribution is 0.0374. The molecule has 1 aromatic carbocycles. The summed E-state index contributed by atoms with van der Waals surface area (Å²) in [5, 5.41) is 4.16. The van der Waals surface area contributed by atoms with Crippen molar-refractivity contribution < 1.29 is 9.13 Å². The van der Waals surface area contributed by atoms with E-state index in [1.54, 1.807) is 23.1 Å². The van der Waals surface area contributed by atoms with Gasteiger partial charge in [0.05, 0.1) is 13.2 Å². The molecule has 3 rings (SSSR count). The van der Waals surface area contributed by atoms with Crippen LogP contribution >= 0.6 is 0 Å². The highest BCUT2D eigenvalue weighted by atomic mass is 19.1. The van der Waals surface area contributed by atoms with Crippen LogP contribution in [0.5, 0.6) is 0 Å². The molecule has 2 heterocycles. The van der Waals surface area contributed by atoms with Gasteiger partial charge in [0.1, 0.15) is 11.5 Å². The molecule has 0 unspecified atom stereocenters. The first-order valence-corrected chi connectivity index (χ1v) is 7.42. The summed E-state index contributed by atoms with van der Waals surface area (Å²) in [6, 6.07) is 7.05. The van der Waals surface area contributed by atoms with Crippen LogP contribution in [-0.4, -0.2) is 47.5 Å². The van der Waals surface area contributed by atoms with Crippen molar-refractivity contribution in [1.29, 1.82) is 0 Å². The molecule has 0 bridgehead atoms. The number of morpholine rings is 1. The molecule has 0 N–H and O–H groups in total. The van der Waals surface area contributed by atoms with Crippen LogP contribution in [0.25, 0.3) is 5.69 Å². The molecule has 5 heteroatoms. The average Bonchev–Trinajstić information content (AvgIpc) is 3.02. The summed E-state index contributed by atoms with van der Waals surface area (Å²) in [5.74, 6) is -0.220. The van der Waals surface area contributed by atoms with Gasteiger partial charge in [-0.2, -0.15) is 5.10 Å². The molecule has 1 aliphatic heterocycles. The fraction of sp³-hybridized carbons (Fsp3) is 0.438. The van der Waals surface area contributed by atoms with Crippen molar-refractivity contribution in [1.82, 2.24) is 14.7 Å². The fourth-order valence-corrected chi connectivity index (χ4v) is 2.74. The van der Waals surface area contributed by atoms with Gasteiger partial charge in [0.25, 0.3) is 0 Å². The van der Waals surface area contributed by atoms with Crippen molar-refractivity contribution in [2.75, 3.05) is 32.8 Å². The Bertz CT molecular complexity index is 565. The van der Waals surface area contributed by atoms with Gasteiger partial charge in [-0.1, -0.05) is 12.1 Å². The van der Waals surface area contributed by atoms with Crippen LogP contribution in [0.2, 0.25) is 0 Å². The maximum atomic E-state index is 14.1. The topological polar surface area (TPSA) is 30.3 Å². The Kier molecular flexibility index (Phi) is 4.62. The Morgan fingerprint density at radius 1 is 1.19 bits per heavy atom. The molecule has 112 valence electrons. The number of benzene rings is 1. The van der Waals surface area contributed by atoms with Crippen LogP contribution in [0.3, 0.4) is 0 Å². The number of halogens is 1. The SMILES string of the molecule is Fc1cccc(CCCN2CCOCC2)c1-n1cccn1. The highest BCUT2D eigenvalue weighted by Gasteiger charge is 2.13. The largest absolute Gasteiger partial charge is 0.379 e. The summed E-state index contributed by atoms with van der Waals surface area (Å²) in [6.45, 7) is 4.65. The Morgan fingerprint density at radius 3 is 2.81 bits per heavy atom. The predicted molar refractivity (Wildman–Crippen MR) is 79.1 cm³/mol. The number of nitrogens with zero attached hydrogens (tertiary/aromatic N) is 3. The number of ether oxygens (including phenoxy) is 1. The Balaban J connectivity index is 1.66. The van der Waals surface area contributed by atoms with Gasteiger partial charge in [-0.3, -0.25) is 4.90 Å². The van der Waals surface area contributed by atoms with Crippen LogP contribution in [-0.2, 0) is 11.2 Å². The second-order valence-electron chi connectivity index (χ2n) is 5.26. The van der Waals surface area contributed by atoms with Crippen molar-refractivity contribution in [3.8, 4) is 5.69 Å². The van der Waals surface area contributed by atoms with Gasteiger partial charge in [-0.05, 0) is 37.1 Å². The highest BCUT2D eigenvalue weighted by Crippen LogP contribution is 2.19. The van der Waals surface area contributed by atoms with Crippen molar-refractivity contribution in [3.05, 3.63) is 48.0 Å². The van der Waals surface area contributed by atoms with Crippen molar-refractivity contribution in [3.63, 3.8) is 0 Å². The lowest BCUT2D eigenvalue weighted by Gasteiger charge is -2.26. The Hall–Kier alpha value is -1.72. The molecular formula is C16H20FN3O. The zero-order valence-corrected chi connectivity index (χ0v) is 12.0. The average molecular weight is 289 g/mol. The third-order valence-electron chi connectivity index (χ3n) is 3.83. The van der Waals surface area contributed by atoms with E-state index in [-0.39, 0.29) is 5.82 Å². The minimum Gasteiger partial charge on any atom is -0.379 e. The first-order valence-electron chi connectivity index (χ1n) is 7.42. The lowest BCUT2D eigenvalue weighted by atomic mass is 10.1. The molecule has 0 spiro atoms. The van der Waals surface area contributed by atoms with E-state index < -0.39 is 0 Å². The van der Waals surface area contributed by atoms with E-state index in [1.165, 1.54) is 6.07 Å². The van der Waals surface area contributed by atoms with E-state index in [1.807, 2.05) is 12.1 Å². The molecule has 0 aliphatic carbocycles. The molecule has 0 saturated carbocycles. The molecule has 1 saturated heterocycles. The lowest BCUT2D eigenvalue weighted by Crippen LogP contribution is -2.37. The third kappa shape index (κ3) is 3.49. The molecule has 1 aromatic heterocycles. The highest BCUT2D eigenvalue weighted by molar-refractivity contribution is 5.41. The molecule has 1 aliphatic rings.